The lowest BCUT2D eigenvalue weighted by molar-refractivity contribution is -0.118. The largest absolute Gasteiger partial charge is 0.454 e. The van der Waals surface area contributed by atoms with E-state index in [9.17, 15) is 23.3 Å². The van der Waals surface area contributed by atoms with Gasteiger partial charge in [-0.25, -0.2) is 17.9 Å². The number of carbonyl (C=O) groups is 2. The van der Waals surface area contributed by atoms with Crippen molar-refractivity contribution in [3.8, 4) is 6.07 Å². The fourth-order valence-corrected chi connectivity index (χ4v) is 4.91. The number of nitrogens with one attached hydrogen (secondary N) is 1. The molecule has 0 aromatic heterocycles. The third kappa shape index (κ3) is 4.46. The zero-order valence-electron chi connectivity index (χ0n) is 18.1. The van der Waals surface area contributed by atoms with E-state index in [2.05, 4.69) is 4.72 Å². The maximum atomic E-state index is 12.7. The highest BCUT2D eigenvalue weighted by molar-refractivity contribution is 7.89. The average Bonchev–Trinajstić information content (AvgIpc) is 3.59. The molecule has 2 aromatic carbocycles. The number of benzene rings is 2. The fourth-order valence-electron chi connectivity index (χ4n) is 3.60. The van der Waals surface area contributed by atoms with Crippen molar-refractivity contribution in [2.75, 3.05) is 30.5 Å². The van der Waals surface area contributed by atoms with Crippen LogP contribution in [0.4, 0.5) is 11.4 Å². The number of carbonyl (C=O) groups excluding carboxylic acids is 2. The van der Waals surface area contributed by atoms with E-state index in [1.807, 2.05) is 30.3 Å². The van der Waals surface area contributed by atoms with Crippen LogP contribution >= 0.6 is 0 Å². The molecule has 1 heterocycles. The molecule has 0 bridgehead atoms. The van der Waals surface area contributed by atoms with Gasteiger partial charge in [0.25, 0.3) is 0 Å². The second-order valence-electron chi connectivity index (χ2n) is 7.84. The Morgan fingerprint density at radius 3 is 2.15 bits per heavy atom. The van der Waals surface area contributed by atoms with Crippen molar-refractivity contribution in [3.63, 3.8) is 0 Å². The predicted octanol–water partition coefficient (Wildman–Crippen LogP) is 2.17. The average molecular weight is 467 g/mol. The summed E-state index contributed by atoms with van der Waals surface area (Å²) in [6.45, 7) is -0.619. The molecule has 1 aliphatic heterocycles. The van der Waals surface area contributed by atoms with Crippen molar-refractivity contribution in [2.24, 2.45) is 0 Å². The van der Waals surface area contributed by atoms with E-state index in [1.54, 1.807) is 23.9 Å². The molecule has 1 fully saturated rings. The second kappa shape index (κ2) is 8.69. The van der Waals surface area contributed by atoms with Gasteiger partial charge in [0, 0.05) is 20.1 Å². The lowest BCUT2D eigenvalue weighted by Crippen LogP contribution is -2.28. The Hall–Kier alpha value is -3.68. The van der Waals surface area contributed by atoms with Crippen molar-refractivity contribution in [3.05, 3.63) is 65.5 Å². The van der Waals surface area contributed by atoms with Gasteiger partial charge in [0.2, 0.25) is 15.8 Å². The Morgan fingerprint density at radius 2 is 1.64 bits per heavy atom. The molecule has 2 aliphatic rings. The molecule has 2 aromatic rings. The summed E-state index contributed by atoms with van der Waals surface area (Å²) in [5, 5.41) is 9.64. The predicted molar refractivity (Wildman–Crippen MR) is 121 cm³/mol. The number of nitrogens with zero attached hydrogens (tertiary/aromatic N) is 3. The second-order valence-corrected chi connectivity index (χ2v) is 9.55. The molecule has 0 saturated heterocycles. The van der Waals surface area contributed by atoms with Crippen LogP contribution in [0.2, 0.25) is 0 Å². The number of hydrogen-bond acceptors (Lipinski definition) is 8. The smallest absolute Gasteiger partial charge is 0.338 e. The van der Waals surface area contributed by atoms with E-state index in [0.29, 0.717) is 5.82 Å². The number of ketones is 1. The zero-order valence-corrected chi connectivity index (χ0v) is 18.9. The molecule has 4 rings (SSSR count). The number of rotatable bonds is 7. The van der Waals surface area contributed by atoms with Gasteiger partial charge in [-0.2, -0.15) is 5.26 Å². The molecule has 0 unspecified atom stereocenters. The molecular formula is C23H22N4O5S. The summed E-state index contributed by atoms with van der Waals surface area (Å²) in [4.78, 5) is 28.6. The molecule has 0 radical (unpaired) electrons. The molecular weight excluding hydrogens is 444 g/mol. The summed E-state index contributed by atoms with van der Waals surface area (Å²) >= 11 is 0. The van der Waals surface area contributed by atoms with Crippen molar-refractivity contribution in [1.82, 2.24) is 4.72 Å². The highest BCUT2D eigenvalue weighted by atomic mass is 32.2. The summed E-state index contributed by atoms with van der Waals surface area (Å²) in [6, 6.07) is 14.7. The zero-order chi connectivity index (χ0) is 23.8. The Labute approximate surface area is 191 Å². The summed E-state index contributed by atoms with van der Waals surface area (Å²) in [6.07, 6.45) is 1.63. The van der Waals surface area contributed by atoms with Gasteiger partial charge in [-0.1, -0.05) is 12.1 Å². The number of anilines is 2. The molecule has 1 saturated carbocycles. The van der Waals surface area contributed by atoms with Crippen molar-refractivity contribution >= 4 is 33.2 Å². The Kier molecular flexibility index (Phi) is 5.93. The number of sulfonamides is 1. The van der Waals surface area contributed by atoms with Crippen molar-refractivity contribution in [2.45, 2.75) is 23.8 Å². The summed E-state index contributed by atoms with van der Waals surface area (Å²) in [5.74, 6) is -1.03. The summed E-state index contributed by atoms with van der Waals surface area (Å²) < 4.78 is 32.1. The molecule has 9 nitrogen and oxygen atoms in total. The number of ether oxygens (including phenoxy) is 1. The number of fused-ring (bicyclic) bond motifs is 1. The third-order valence-corrected chi connectivity index (χ3v) is 7.02. The van der Waals surface area contributed by atoms with Gasteiger partial charge in [0.1, 0.15) is 17.5 Å². The number of para-hydroxylation sites is 2. The van der Waals surface area contributed by atoms with Crippen molar-refractivity contribution < 1.29 is 22.7 Å². The molecule has 0 atom stereocenters. The maximum absolute atomic E-state index is 12.7. The third-order valence-electron chi connectivity index (χ3n) is 5.49. The molecule has 0 spiro atoms. The highest BCUT2D eigenvalue weighted by Gasteiger charge is 2.32. The molecule has 170 valence electrons. The lowest BCUT2D eigenvalue weighted by atomic mass is 10.2. The number of hydrogen-bond donors (Lipinski definition) is 1. The fraction of sp³-hybridized carbons (Fsp3) is 0.261. The minimum atomic E-state index is -3.63. The van der Waals surface area contributed by atoms with Gasteiger partial charge in [-0.15, -0.1) is 0 Å². The van der Waals surface area contributed by atoms with Crippen molar-refractivity contribution in [1.29, 1.82) is 5.26 Å². The Morgan fingerprint density at radius 1 is 1.06 bits per heavy atom. The Balaban J connectivity index is 1.44. The molecule has 1 N–H and O–H groups in total. The van der Waals surface area contributed by atoms with Crippen LogP contribution in [0.3, 0.4) is 0 Å². The summed E-state index contributed by atoms with van der Waals surface area (Å²) in [5.41, 5.74) is 1.66. The molecule has 10 heteroatoms. The van der Waals surface area contributed by atoms with Gasteiger partial charge >= 0.3 is 5.97 Å². The van der Waals surface area contributed by atoms with Crippen LogP contribution < -0.4 is 14.5 Å². The van der Waals surface area contributed by atoms with Crippen LogP contribution in [-0.4, -0.2) is 46.9 Å². The minimum Gasteiger partial charge on any atom is -0.454 e. The summed E-state index contributed by atoms with van der Waals surface area (Å²) in [7, 11) is -0.126. The number of Topliss-reactive ketones (excluding diaryl/α,β-unsaturated/α-hetero) is 1. The quantitative estimate of drug-likeness (QED) is 0.375. The maximum Gasteiger partial charge on any atom is 0.338 e. The molecule has 33 heavy (non-hydrogen) atoms. The van der Waals surface area contributed by atoms with Gasteiger partial charge < -0.3 is 14.5 Å². The van der Waals surface area contributed by atoms with E-state index in [4.69, 9.17) is 4.74 Å². The van der Waals surface area contributed by atoms with E-state index in [-0.39, 0.29) is 22.1 Å². The van der Waals surface area contributed by atoms with Gasteiger partial charge in [-0.3, -0.25) is 4.79 Å². The number of nitriles is 1. The van der Waals surface area contributed by atoms with Crippen LogP contribution in [0.5, 0.6) is 0 Å². The Bertz CT molecular complexity index is 1260. The normalized spacial score (nSPS) is 15.1. The minimum absolute atomic E-state index is 0.0279. The van der Waals surface area contributed by atoms with Crippen LogP contribution in [0.15, 0.2) is 64.8 Å². The first-order chi connectivity index (χ1) is 15.7. The lowest BCUT2D eigenvalue weighted by Gasteiger charge is -2.19. The van der Waals surface area contributed by atoms with Crippen LogP contribution in [0.25, 0.3) is 0 Å². The molecule has 1 aliphatic carbocycles. The first-order valence-electron chi connectivity index (χ1n) is 10.3. The first-order valence-corrected chi connectivity index (χ1v) is 11.7. The first kappa shape index (κ1) is 22.5. The van der Waals surface area contributed by atoms with Crippen LogP contribution in [0, 0.1) is 11.3 Å². The van der Waals surface area contributed by atoms with E-state index in [0.717, 1.165) is 24.2 Å². The monoisotopic (exact) mass is 466 g/mol. The topological polar surface area (TPSA) is 120 Å². The van der Waals surface area contributed by atoms with Crippen LogP contribution in [-0.2, 0) is 19.6 Å². The molecule has 0 amide bonds. The standard InChI is InChI=1S/C23H22N4O5S/c1-26-19-5-3-4-6-20(19)27(2)22(26)18(13-24)21(28)14-32-23(29)15-7-11-17(12-8-15)33(30,31)25-16-9-10-16/h3-8,11-12,16,25H,9-10,14H2,1-2H3. The van der Waals surface area contributed by atoms with Gasteiger partial charge in [0.05, 0.1) is 21.8 Å². The van der Waals surface area contributed by atoms with E-state index >= 15 is 0 Å². The SMILES string of the molecule is CN1C(=C(C#N)C(=O)COC(=O)c2ccc(S(=O)(=O)NC3CC3)cc2)N(C)c2ccccc21. The number of esters is 1. The van der Waals surface area contributed by atoms with E-state index < -0.39 is 28.4 Å². The van der Waals surface area contributed by atoms with Gasteiger partial charge in [-0.05, 0) is 49.2 Å². The van der Waals surface area contributed by atoms with E-state index in [1.165, 1.54) is 24.3 Å². The highest BCUT2D eigenvalue weighted by Crippen LogP contribution is 2.40. The van der Waals surface area contributed by atoms with Gasteiger partial charge in [0.15, 0.2) is 6.61 Å². The van der Waals surface area contributed by atoms with Crippen LogP contribution in [0.1, 0.15) is 23.2 Å².